The van der Waals surface area contributed by atoms with Crippen molar-refractivity contribution in [3.63, 3.8) is 0 Å². The summed E-state index contributed by atoms with van der Waals surface area (Å²) in [7, 11) is 0. The van der Waals surface area contributed by atoms with Crippen LogP contribution in [0.2, 0.25) is 0 Å². The Morgan fingerprint density at radius 3 is 2.17 bits per heavy atom. The van der Waals surface area contributed by atoms with Gasteiger partial charge in [0.15, 0.2) is 0 Å². The lowest BCUT2D eigenvalue weighted by atomic mass is 9.79. The maximum atomic E-state index is 9.25. The lowest BCUT2D eigenvalue weighted by molar-refractivity contribution is 0.317. The second kappa shape index (κ2) is 4.95. The molecule has 100 valence electrons. The van der Waals surface area contributed by atoms with Crippen LogP contribution in [0, 0.1) is 5.41 Å². The zero-order chi connectivity index (χ0) is 13.3. The average molecular weight is 246 g/mol. The van der Waals surface area contributed by atoms with Gasteiger partial charge in [0.05, 0.1) is 5.76 Å². The van der Waals surface area contributed by atoms with Gasteiger partial charge in [0.1, 0.15) is 0 Å². The zero-order valence-electron chi connectivity index (χ0n) is 12.1. The van der Waals surface area contributed by atoms with E-state index in [0.717, 1.165) is 12.8 Å². The van der Waals surface area contributed by atoms with Crippen LogP contribution in [0.1, 0.15) is 65.7 Å². The first-order valence-electron chi connectivity index (χ1n) is 7.17. The molecule has 2 aliphatic carbocycles. The Morgan fingerprint density at radius 2 is 1.67 bits per heavy atom. The van der Waals surface area contributed by atoms with Gasteiger partial charge in [-0.25, -0.2) is 0 Å². The normalized spacial score (nSPS) is 27.7. The molecular formula is C17H26O. The van der Waals surface area contributed by atoms with E-state index in [0.29, 0.717) is 11.2 Å². The summed E-state index contributed by atoms with van der Waals surface area (Å²) >= 11 is 0. The van der Waals surface area contributed by atoms with Crippen LogP contribution in [0.5, 0.6) is 0 Å². The van der Waals surface area contributed by atoms with Gasteiger partial charge in [0.25, 0.3) is 0 Å². The summed E-state index contributed by atoms with van der Waals surface area (Å²) in [5.74, 6) is 0.325. The van der Waals surface area contributed by atoms with Crippen molar-refractivity contribution >= 4 is 0 Å². The van der Waals surface area contributed by atoms with Crippen molar-refractivity contribution in [1.82, 2.24) is 0 Å². The Morgan fingerprint density at radius 1 is 1.11 bits per heavy atom. The molecule has 2 rings (SSSR count). The Bertz CT molecular complexity index is 425. The van der Waals surface area contributed by atoms with Crippen LogP contribution in [0.4, 0.5) is 0 Å². The molecule has 1 atom stereocenters. The minimum absolute atomic E-state index is 0.325. The van der Waals surface area contributed by atoms with Crippen LogP contribution < -0.4 is 0 Å². The maximum absolute atomic E-state index is 9.25. The third-order valence-corrected chi connectivity index (χ3v) is 4.81. The molecule has 2 aliphatic rings. The van der Waals surface area contributed by atoms with Gasteiger partial charge in [0.2, 0.25) is 0 Å². The van der Waals surface area contributed by atoms with Crippen molar-refractivity contribution in [2.45, 2.75) is 65.7 Å². The van der Waals surface area contributed by atoms with E-state index < -0.39 is 0 Å². The highest BCUT2D eigenvalue weighted by Crippen LogP contribution is 2.55. The molecule has 1 heteroatoms. The summed E-state index contributed by atoms with van der Waals surface area (Å²) in [6.07, 6.45) is 8.05. The highest BCUT2D eigenvalue weighted by Gasteiger charge is 2.41. The van der Waals surface area contributed by atoms with Crippen LogP contribution in [0.25, 0.3) is 0 Å². The summed E-state index contributed by atoms with van der Waals surface area (Å²) in [6, 6.07) is 0. The molecule has 0 aromatic rings. The van der Waals surface area contributed by atoms with Crippen LogP contribution >= 0.6 is 0 Å². The number of rotatable bonds is 4. The van der Waals surface area contributed by atoms with Gasteiger partial charge in [-0.1, -0.05) is 35.8 Å². The molecule has 0 bridgehead atoms. The smallest absolute Gasteiger partial charge is 0.0854 e. The fourth-order valence-corrected chi connectivity index (χ4v) is 3.98. The van der Waals surface area contributed by atoms with Gasteiger partial charge in [-0.15, -0.1) is 0 Å². The highest BCUT2D eigenvalue weighted by molar-refractivity contribution is 5.32. The fourth-order valence-electron chi connectivity index (χ4n) is 3.98. The van der Waals surface area contributed by atoms with Crippen molar-refractivity contribution in [1.29, 1.82) is 0 Å². The van der Waals surface area contributed by atoms with E-state index in [1.54, 1.807) is 22.3 Å². The standard InChI is InChI=1S/C17H26O/c1-5-15-10-17(8-12(15)2)9-13(3)16(11-17)7-6-14(4)18/h18H,4-11H2,1-3H3. The number of aliphatic hydroxyl groups is 1. The van der Waals surface area contributed by atoms with Gasteiger partial charge >= 0.3 is 0 Å². The van der Waals surface area contributed by atoms with Gasteiger partial charge in [0, 0.05) is 6.42 Å². The van der Waals surface area contributed by atoms with Crippen molar-refractivity contribution in [2.24, 2.45) is 5.41 Å². The van der Waals surface area contributed by atoms with Crippen LogP contribution in [-0.2, 0) is 0 Å². The molecule has 1 spiro atoms. The summed E-state index contributed by atoms with van der Waals surface area (Å²) in [5.41, 5.74) is 6.98. The van der Waals surface area contributed by atoms with Crippen molar-refractivity contribution in [2.75, 3.05) is 0 Å². The SMILES string of the molecule is C=C(O)CCC1=C(C)CC2(CC(C)=C(CC)C2)C1. The van der Waals surface area contributed by atoms with Crippen molar-refractivity contribution in [3.05, 3.63) is 34.6 Å². The highest BCUT2D eigenvalue weighted by atomic mass is 16.3. The molecule has 0 fully saturated rings. The van der Waals surface area contributed by atoms with Crippen LogP contribution in [0.15, 0.2) is 34.6 Å². The van der Waals surface area contributed by atoms with Crippen molar-refractivity contribution < 1.29 is 5.11 Å². The van der Waals surface area contributed by atoms with E-state index in [1.165, 1.54) is 32.1 Å². The number of hydrogen-bond donors (Lipinski definition) is 1. The molecule has 1 nitrogen and oxygen atoms in total. The van der Waals surface area contributed by atoms with E-state index in [-0.39, 0.29) is 0 Å². The van der Waals surface area contributed by atoms with E-state index >= 15 is 0 Å². The van der Waals surface area contributed by atoms with Crippen molar-refractivity contribution in [3.8, 4) is 0 Å². The first-order chi connectivity index (χ1) is 8.46. The van der Waals surface area contributed by atoms with Gasteiger partial charge in [-0.05, 0) is 57.8 Å². The summed E-state index contributed by atoms with van der Waals surface area (Å²) in [6.45, 7) is 10.5. The first kappa shape index (κ1) is 13.5. The molecule has 0 radical (unpaired) electrons. The quantitative estimate of drug-likeness (QED) is 0.516. The van der Waals surface area contributed by atoms with Crippen LogP contribution in [-0.4, -0.2) is 5.11 Å². The maximum Gasteiger partial charge on any atom is 0.0854 e. The molecule has 1 N–H and O–H groups in total. The Balaban J connectivity index is 2.01. The topological polar surface area (TPSA) is 20.2 Å². The van der Waals surface area contributed by atoms with E-state index in [4.69, 9.17) is 0 Å². The Labute approximate surface area is 111 Å². The monoisotopic (exact) mass is 246 g/mol. The third-order valence-electron chi connectivity index (χ3n) is 4.81. The van der Waals surface area contributed by atoms with Gasteiger partial charge in [-0.2, -0.15) is 0 Å². The average Bonchev–Trinajstić information content (AvgIpc) is 2.76. The minimum atomic E-state index is 0.325. The largest absolute Gasteiger partial charge is 0.513 e. The summed E-state index contributed by atoms with van der Waals surface area (Å²) in [5, 5.41) is 9.25. The zero-order valence-corrected chi connectivity index (χ0v) is 12.1. The molecule has 1 unspecified atom stereocenters. The first-order valence-corrected chi connectivity index (χ1v) is 7.17. The van der Waals surface area contributed by atoms with Crippen LogP contribution in [0.3, 0.4) is 0 Å². The molecule has 0 aliphatic heterocycles. The molecule has 0 saturated heterocycles. The Kier molecular flexibility index (Phi) is 3.70. The minimum Gasteiger partial charge on any atom is -0.513 e. The second-order valence-corrected chi connectivity index (χ2v) is 6.39. The molecule has 18 heavy (non-hydrogen) atoms. The molecule has 0 aromatic heterocycles. The lowest BCUT2D eigenvalue weighted by Crippen LogP contribution is -2.13. The molecule has 0 amide bonds. The molecule has 0 heterocycles. The van der Waals surface area contributed by atoms with Gasteiger partial charge in [-0.3, -0.25) is 0 Å². The number of hydrogen-bond acceptors (Lipinski definition) is 1. The van der Waals surface area contributed by atoms with Gasteiger partial charge < -0.3 is 5.11 Å². The summed E-state index contributed by atoms with van der Waals surface area (Å²) < 4.78 is 0. The molecule has 0 aromatic carbocycles. The predicted octanol–water partition coefficient (Wildman–Crippen LogP) is 5.46. The number of aliphatic hydroxyl groups excluding tert-OH is 1. The van der Waals surface area contributed by atoms with E-state index in [1.807, 2.05) is 0 Å². The predicted molar refractivity (Wildman–Crippen MR) is 77.6 cm³/mol. The lowest BCUT2D eigenvalue weighted by Gasteiger charge is -2.24. The fraction of sp³-hybridized carbons (Fsp3) is 0.647. The second-order valence-electron chi connectivity index (χ2n) is 6.39. The van der Waals surface area contributed by atoms with E-state index in [9.17, 15) is 5.11 Å². The third kappa shape index (κ3) is 2.55. The number of allylic oxidation sites excluding steroid dienone is 5. The molecular weight excluding hydrogens is 220 g/mol. The Hall–Kier alpha value is -0.980. The van der Waals surface area contributed by atoms with E-state index in [2.05, 4.69) is 27.4 Å². The molecule has 0 saturated carbocycles. The summed E-state index contributed by atoms with van der Waals surface area (Å²) in [4.78, 5) is 0.